The number of amides is 2. The van der Waals surface area contributed by atoms with Gasteiger partial charge in [-0.15, -0.1) is 0 Å². The van der Waals surface area contributed by atoms with Crippen molar-refractivity contribution in [3.63, 3.8) is 0 Å². The van der Waals surface area contributed by atoms with Crippen molar-refractivity contribution in [3.8, 4) is 0 Å². The minimum atomic E-state index is -0.793. The molecule has 2 atom stereocenters. The first kappa shape index (κ1) is 18.5. The van der Waals surface area contributed by atoms with Crippen LogP contribution in [0.5, 0.6) is 0 Å². The largest absolute Gasteiger partial charge is 0.446 e. The minimum absolute atomic E-state index is 0.0695. The average molecular weight is 288 g/mol. The third-order valence-corrected chi connectivity index (χ3v) is 3.26. The molecule has 0 aromatic heterocycles. The molecular weight excluding hydrogens is 260 g/mol. The molecule has 4 N–H and O–H groups in total. The fraction of sp³-hybridized carbons (Fsp3) is 0.857. The maximum absolute atomic E-state index is 11.1. The molecule has 0 aliphatic rings. The topological polar surface area (TPSA) is 105 Å². The van der Waals surface area contributed by atoms with E-state index in [1.807, 2.05) is 20.8 Å². The van der Waals surface area contributed by atoms with Crippen molar-refractivity contribution < 1.29 is 19.1 Å². The van der Waals surface area contributed by atoms with Crippen LogP contribution in [0.15, 0.2) is 0 Å². The van der Waals surface area contributed by atoms with Crippen molar-refractivity contribution >= 4 is 12.2 Å². The Morgan fingerprint density at radius 3 is 1.40 bits per heavy atom. The summed E-state index contributed by atoms with van der Waals surface area (Å²) in [4.78, 5) is 22.1. The molecule has 0 saturated carbocycles. The molecule has 118 valence electrons. The van der Waals surface area contributed by atoms with E-state index >= 15 is 0 Å². The Hall–Kier alpha value is -1.46. The van der Waals surface area contributed by atoms with Crippen LogP contribution in [0.25, 0.3) is 0 Å². The molecule has 0 radical (unpaired) electrons. The Bertz CT molecular complexity index is 271. The summed E-state index contributed by atoms with van der Waals surface area (Å²) < 4.78 is 10.4. The molecular formula is C14H28N2O4. The van der Waals surface area contributed by atoms with Crippen molar-refractivity contribution in [1.82, 2.24) is 0 Å². The van der Waals surface area contributed by atoms with Crippen molar-refractivity contribution in [1.29, 1.82) is 0 Å². The number of carbonyl (C=O) groups is 2. The first-order chi connectivity index (χ1) is 9.46. The smallest absolute Gasteiger partial charge is 0.404 e. The van der Waals surface area contributed by atoms with Crippen LogP contribution in [0.4, 0.5) is 9.59 Å². The van der Waals surface area contributed by atoms with Gasteiger partial charge in [0.15, 0.2) is 0 Å². The second kappa shape index (κ2) is 10.3. The summed E-state index contributed by atoms with van der Waals surface area (Å²) in [6.45, 7) is 6.04. The van der Waals surface area contributed by atoms with Gasteiger partial charge in [0, 0.05) is 5.92 Å². The van der Waals surface area contributed by atoms with Gasteiger partial charge in [-0.3, -0.25) is 0 Å². The summed E-state index contributed by atoms with van der Waals surface area (Å²) in [6.07, 6.45) is 2.51. The highest BCUT2D eigenvalue weighted by Gasteiger charge is 2.32. The zero-order chi connectivity index (χ0) is 15.5. The Morgan fingerprint density at radius 2 is 1.15 bits per heavy atom. The summed E-state index contributed by atoms with van der Waals surface area (Å²) in [5.41, 5.74) is 10.3. The van der Waals surface area contributed by atoms with Crippen LogP contribution in [0.1, 0.15) is 59.3 Å². The van der Waals surface area contributed by atoms with Gasteiger partial charge in [-0.05, 0) is 19.3 Å². The lowest BCUT2D eigenvalue weighted by Crippen LogP contribution is -2.39. The highest BCUT2D eigenvalue weighted by molar-refractivity contribution is 5.65. The van der Waals surface area contributed by atoms with Gasteiger partial charge in [0.2, 0.25) is 0 Å². The van der Waals surface area contributed by atoms with Crippen LogP contribution in [-0.2, 0) is 9.47 Å². The lowest BCUT2D eigenvalue weighted by Gasteiger charge is -2.32. The maximum atomic E-state index is 11.1. The van der Waals surface area contributed by atoms with Gasteiger partial charge in [0.05, 0.1) is 0 Å². The molecule has 0 saturated heterocycles. The standard InChI is InChI=1S/C14H28N2O4/c1-4-7-10(11(8-5-2)19-13(15)17)12(9-6-3)20-14(16)18/h10-12H,4-9H2,1-3H3,(H2,15,17)(H2,16,18). The van der Waals surface area contributed by atoms with Gasteiger partial charge >= 0.3 is 12.2 Å². The summed E-state index contributed by atoms with van der Waals surface area (Å²) in [5.74, 6) is -0.0695. The second-order valence-corrected chi connectivity index (χ2v) is 4.98. The molecule has 2 unspecified atom stereocenters. The van der Waals surface area contributed by atoms with Gasteiger partial charge in [0.1, 0.15) is 12.2 Å². The lowest BCUT2D eigenvalue weighted by molar-refractivity contribution is -0.0160. The van der Waals surface area contributed by atoms with Gasteiger partial charge in [-0.25, -0.2) is 9.59 Å². The zero-order valence-electron chi connectivity index (χ0n) is 12.8. The summed E-state index contributed by atoms with van der Waals surface area (Å²) in [5, 5.41) is 0. The molecule has 20 heavy (non-hydrogen) atoms. The predicted octanol–water partition coefficient (Wildman–Crippen LogP) is 2.93. The highest BCUT2D eigenvalue weighted by atomic mass is 16.6. The SMILES string of the molecule is CCCC(OC(N)=O)C(CCC)C(CCC)OC(N)=O. The van der Waals surface area contributed by atoms with Gasteiger partial charge < -0.3 is 20.9 Å². The van der Waals surface area contributed by atoms with E-state index in [0.717, 1.165) is 25.7 Å². The maximum Gasteiger partial charge on any atom is 0.404 e. The molecule has 0 spiro atoms. The minimum Gasteiger partial charge on any atom is -0.446 e. The zero-order valence-corrected chi connectivity index (χ0v) is 12.8. The fourth-order valence-electron chi connectivity index (χ4n) is 2.53. The van der Waals surface area contributed by atoms with Gasteiger partial charge in [-0.2, -0.15) is 0 Å². The third kappa shape index (κ3) is 7.21. The Kier molecular flexibility index (Phi) is 9.59. The van der Waals surface area contributed by atoms with E-state index in [2.05, 4.69) is 0 Å². The molecule has 0 heterocycles. The third-order valence-electron chi connectivity index (χ3n) is 3.26. The van der Waals surface area contributed by atoms with E-state index in [9.17, 15) is 9.59 Å². The Balaban J connectivity index is 5.05. The van der Waals surface area contributed by atoms with Crippen molar-refractivity contribution in [2.45, 2.75) is 71.5 Å². The van der Waals surface area contributed by atoms with Crippen LogP contribution in [0.2, 0.25) is 0 Å². The van der Waals surface area contributed by atoms with E-state index in [-0.39, 0.29) is 18.1 Å². The van der Waals surface area contributed by atoms with E-state index in [1.165, 1.54) is 0 Å². The summed E-state index contributed by atoms with van der Waals surface area (Å²) >= 11 is 0. The molecule has 2 amide bonds. The van der Waals surface area contributed by atoms with Crippen LogP contribution >= 0.6 is 0 Å². The van der Waals surface area contributed by atoms with Gasteiger partial charge in [-0.1, -0.05) is 40.0 Å². The first-order valence-electron chi connectivity index (χ1n) is 7.38. The highest BCUT2D eigenvalue weighted by Crippen LogP contribution is 2.27. The first-order valence-corrected chi connectivity index (χ1v) is 7.38. The monoisotopic (exact) mass is 288 g/mol. The number of primary amides is 2. The molecule has 0 rings (SSSR count). The second-order valence-electron chi connectivity index (χ2n) is 4.98. The number of rotatable bonds is 10. The number of nitrogens with two attached hydrogens (primary N) is 2. The van der Waals surface area contributed by atoms with Crippen LogP contribution in [0.3, 0.4) is 0 Å². The van der Waals surface area contributed by atoms with E-state index in [1.54, 1.807) is 0 Å². The molecule has 0 aliphatic carbocycles. The van der Waals surface area contributed by atoms with E-state index in [4.69, 9.17) is 20.9 Å². The van der Waals surface area contributed by atoms with Gasteiger partial charge in [0.25, 0.3) is 0 Å². The van der Waals surface area contributed by atoms with Crippen molar-refractivity contribution in [2.24, 2.45) is 17.4 Å². The van der Waals surface area contributed by atoms with Crippen LogP contribution in [0, 0.1) is 5.92 Å². The summed E-state index contributed by atoms with van der Waals surface area (Å²) in [6, 6.07) is 0. The van der Waals surface area contributed by atoms with E-state index in [0.29, 0.717) is 12.8 Å². The average Bonchev–Trinajstić information content (AvgIpc) is 2.34. The number of carbonyl (C=O) groups excluding carboxylic acids is 2. The molecule has 0 aromatic carbocycles. The molecule has 0 aromatic rings. The molecule has 6 heteroatoms. The normalized spacial score (nSPS) is 15.2. The van der Waals surface area contributed by atoms with E-state index < -0.39 is 12.2 Å². The Labute approximate surface area is 121 Å². The lowest BCUT2D eigenvalue weighted by atomic mass is 9.86. The molecule has 6 nitrogen and oxygen atoms in total. The number of ether oxygens (including phenoxy) is 2. The molecule has 0 bridgehead atoms. The van der Waals surface area contributed by atoms with Crippen LogP contribution in [-0.4, -0.2) is 24.4 Å². The molecule has 0 aliphatic heterocycles. The number of hydrogen-bond acceptors (Lipinski definition) is 4. The summed E-state index contributed by atoms with van der Waals surface area (Å²) in [7, 11) is 0. The van der Waals surface area contributed by atoms with Crippen molar-refractivity contribution in [3.05, 3.63) is 0 Å². The predicted molar refractivity (Wildman–Crippen MR) is 77.1 cm³/mol. The molecule has 0 fully saturated rings. The fourth-order valence-corrected chi connectivity index (χ4v) is 2.53. The number of hydrogen-bond donors (Lipinski definition) is 2. The van der Waals surface area contributed by atoms with Crippen LogP contribution < -0.4 is 11.5 Å². The quantitative estimate of drug-likeness (QED) is 0.644. The Morgan fingerprint density at radius 1 is 0.800 bits per heavy atom. The van der Waals surface area contributed by atoms with Crippen molar-refractivity contribution in [2.75, 3.05) is 0 Å².